The number of nitrogens with zero attached hydrogens (tertiary/aromatic N) is 1. The SMILES string of the molecule is COC(=O)c1ccc(NC(=S)C23CCC(C=Cc4c(-c5c(Cl)cccc5Cl)noc4C4CC4)(CC2)CC3)c(Cl)c1. The lowest BCUT2D eigenvalue weighted by molar-refractivity contribution is 0.0600. The molecule has 0 atom stereocenters. The van der Waals surface area contributed by atoms with E-state index in [9.17, 15) is 4.79 Å². The molecule has 2 aromatic carbocycles. The average molecular weight is 616 g/mol. The number of benzene rings is 2. The van der Waals surface area contributed by atoms with E-state index in [0.717, 1.165) is 73.2 Å². The van der Waals surface area contributed by atoms with Gasteiger partial charge in [0.25, 0.3) is 0 Å². The van der Waals surface area contributed by atoms with Gasteiger partial charge in [0.2, 0.25) is 0 Å². The third-order valence-corrected chi connectivity index (χ3v) is 10.4. The van der Waals surface area contributed by atoms with Crippen LogP contribution in [0.2, 0.25) is 15.1 Å². The van der Waals surface area contributed by atoms with Crippen molar-refractivity contribution in [2.75, 3.05) is 12.4 Å². The second-order valence-electron chi connectivity index (χ2n) is 11.3. The highest BCUT2D eigenvalue weighted by Crippen LogP contribution is 2.59. The van der Waals surface area contributed by atoms with Crippen molar-refractivity contribution in [1.29, 1.82) is 0 Å². The van der Waals surface area contributed by atoms with Gasteiger partial charge in [0, 0.05) is 22.5 Å². The van der Waals surface area contributed by atoms with Gasteiger partial charge in [0.1, 0.15) is 11.5 Å². The van der Waals surface area contributed by atoms with Gasteiger partial charge >= 0.3 is 5.97 Å². The highest BCUT2D eigenvalue weighted by Gasteiger charge is 2.49. The van der Waals surface area contributed by atoms with Gasteiger partial charge in [0.05, 0.1) is 38.4 Å². The van der Waals surface area contributed by atoms with E-state index < -0.39 is 5.97 Å². The first kappa shape index (κ1) is 27.8. The van der Waals surface area contributed by atoms with Gasteiger partial charge < -0.3 is 14.6 Å². The zero-order valence-electron chi connectivity index (χ0n) is 22.1. The topological polar surface area (TPSA) is 64.4 Å². The Bertz CT molecular complexity index is 1480. The van der Waals surface area contributed by atoms with E-state index in [0.29, 0.717) is 37.9 Å². The minimum absolute atomic E-state index is 0.0537. The van der Waals surface area contributed by atoms with Gasteiger partial charge in [-0.1, -0.05) is 70.4 Å². The molecule has 4 aliphatic rings. The van der Waals surface area contributed by atoms with Crippen LogP contribution in [0.15, 0.2) is 47.0 Å². The third-order valence-electron chi connectivity index (χ3n) is 8.93. The molecule has 5 nitrogen and oxygen atoms in total. The molecule has 4 saturated carbocycles. The number of methoxy groups -OCH3 is 1. The summed E-state index contributed by atoms with van der Waals surface area (Å²) < 4.78 is 10.7. The number of nitrogens with one attached hydrogen (secondary N) is 1. The third kappa shape index (κ3) is 5.09. The van der Waals surface area contributed by atoms with Crippen LogP contribution in [0.4, 0.5) is 5.69 Å². The molecule has 2 bridgehead atoms. The number of esters is 1. The maximum atomic E-state index is 11.8. The van der Waals surface area contributed by atoms with Crippen molar-refractivity contribution in [3.05, 3.63) is 74.4 Å². The van der Waals surface area contributed by atoms with Crippen LogP contribution in [0.25, 0.3) is 17.3 Å². The fourth-order valence-electron chi connectivity index (χ4n) is 6.20. The second kappa shape index (κ2) is 10.8. The highest BCUT2D eigenvalue weighted by molar-refractivity contribution is 7.80. The quantitative estimate of drug-likeness (QED) is 0.211. The van der Waals surface area contributed by atoms with Crippen LogP contribution in [-0.2, 0) is 4.74 Å². The molecule has 0 saturated heterocycles. The fraction of sp³-hybridized carbons (Fsp3) is 0.387. The van der Waals surface area contributed by atoms with Gasteiger partial charge in [-0.15, -0.1) is 0 Å². The number of ether oxygens (including phenoxy) is 1. The van der Waals surface area contributed by atoms with E-state index in [1.165, 1.54) is 7.11 Å². The second-order valence-corrected chi connectivity index (χ2v) is 12.9. The van der Waals surface area contributed by atoms with Crippen LogP contribution in [0, 0.1) is 10.8 Å². The molecular weight excluding hydrogens is 587 g/mol. The minimum atomic E-state index is -0.420. The highest BCUT2D eigenvalue weighted by atomic mass is 35.5. The van der Waals surface area contributed by atoms with E-state index >= 15 is 0 Å². The number of thiocarbonyl (C=S) groups is 1. The Morgan fingerprint density at radius 2 is 1.73 bits per heavy atom. The molecule has 3 aromatic rings. The molecule has 0 unspecified atom stereocenters. The van der Waals surface area contributed by atoms with Crippen molar-refractivity contribution in [3.8, 4) is 11.3 Å². The maximum Gasteiger partial charge on any atom is 0.337 e. The predicted octanol–water partition coefficient (Wildman–Crippen LogP) is 9.76. The van der Waals surface area contributed by atoms with Gasteiger partial charge in [0.15, 0.2) is 0 Å². The lowest BCUT2D eigenvalue weighted by Gasteiger charge is -2.52. The first-order valence-corrected chi connectivity index (χ1v) is 15.1. The molecule has 40 heavy (non-hydrogen) atoms. The largest absolute Gasteiger partial charge is 0.465 e. The molecule has 208 valence electrons. The number of fused-ring (bicyclic) bond motifs is 3. The molecule has 0 radical (unpaired) electrons. The number of carbonyl (C=O) groups is 1. The summed E-state index contributed by atoms with van der Waals surface area (Å²) >= 11 is 25.5. The Morgan fingerprint density at radius 3 is 2.33 bits per heavy atom. The lowest BCUT2D eigenvalue weighted by Crippen LogP contribution is -2.46. The van der Waals surface area contributed by atoms with Crippen LogP contribution < -0.4 is 5.32 Å². The Balaban J connectivity index is 1.19. The van der Waals surface area contributed by atoms with Crippen LogP contribution in [0.3, 0.4) is 0 Å². The standard InChI is InChI=1S/C31H29Cl3N2O3S/c1-38-28(37)19-7-8-24(23(34)17-19)35-29(40)31-14-11-30(12-15-31,13-16-31)10-9-20-26(36-39-27(20)18-5-6-18)25-21(32)3-2-4-22(25)33/h2-4,7-10,17-18H,5-6,11-16H2,1H3,(H,35,40). The maximum absolute atomic E-state index is 11.8. The van der Waals surface area contributed by atoms with Gasteiger partial charge in [-0.3, -0.25) is 0 Å². The molecule has 4 aliphatic carbocycles. The van der Waals surface area contributed by atoms with Crippen molar-refractivity contribution in [3.63, 3.8) is 0 Å². The number of allylic oxidation sites excluding steroid dienone is 1. The van der Waals surface area contributed by atoms with Crippen LogP contribution in [0.1, 0.15) is 79.0 Å². The van der Waals surface area contributed by atoms with Crippen molar-refractivity contribution in [1.82, 2.24) is 5.16 Å². The van der Waals surface area contributed by atoms with E-state index in [1.807, 2.05) is 18.2 Å². The zero-order valence-corrected chi connectivity index (χ0v) is 25.2. The van der Waals surface area contributed by atoms with Gasteiger partial charge in [-0.25, -0.2) is 4.79 Å². The number of hydrogen-bond donors (Lipinski definition) is 1. The number of hydrogen-bond acceptors (Lipinski definition) is 5. The smallest absolute Gasteiger partial charge is 0.337 e. The molecule has 4 fully saturated rings. The first-order valence-electron chi connectivity index (χ1n) is 13.6. The zero-order chi connectivity index (χ0) is 28.1. The summed E-state index contributed by atoms with van der Waals surface area (Å²) in [6, 6.07) is 10.6. The normalized spacial score (nSPS) is 23.9. The lowest BCUT2D eigenvalue weighted by atomic mass is 9.53. The van der Waals surface area contributed by atoms with E-state index in [1.54, 1.807) is 18.2 Å². The summed E-state index contributed by atoms with van der Waals surface area (Å²) in [4.78, 5) is 12.7. The Kier molecular flexibility index (Phi) is 7.49. The molecule has 1 aromatic heterocycles. The van der Waals surface area contributed by atoms with Crippen molar-refractivity contribution in [2.45, 2.75) is 57.3 Å². The number of rotatable bonds is 7. The summed E-state index contributed by atoms with van der Waals surface area (Å²) in [7, 11) is 1.35. The summed E-state index contributed by atoms with van der Waals surface area (Å²) in [5.74, 6) is 0.915. The summed E-state index contributed by atoms with van der Waals surface area (Å²) in [5, 5.41) is 9.41. The number of carbonyl (C=O) groups excluding carboxylic acids is 1. The molecule has 0 amide bonds. The van der Waals surface area contributed by atoms with Crippen LogP contribution >= 0.6 is 47.0 Å². The average Bonchev–Trinajstić information content (AvgIpc) is 3.73. The molecule has 0 aliphatic heterocycles. The van der Waals surface area contributed by atoms with E-state index in [4.69, 9.17) is 56.3 Å². The monoisotopic (exact) mass is 614 g/mol. The van der Waals surface area contributed by atoms with Gasteiger partial charge in [-0.05, 0) is 87.1 Å². The number of halogens is 3. The van der Waals surface area contributed by atoms with E-state index in [2.05, 4.69) is 22.6 Å². The molecule has 9 heteroatoms. The molecular formula is C31H29Cl3N2O3S. The molecule has 7 rings (SSSR count). The Morgan fingerprint density at radius 1 is 1.05 bits per heavy atom. The van der Waals surface area contributed by atoms with Crippen molar-refractivity contribution in [2.24, 2.45) is 10.8 Å². The number of anilines is 1. The van der Waals surface area contributed by atoms with Gasteiger partial charge in [-0.2, -0.15) is 0 Å². The predicted molar refractivity (Wildman–Crippen MR) is 165 cm³/mol. The Hall–Kier alpha value is -2.38. The molecule has 1 heterocycles. The van der Waals surface area contributed by atoms with Crippen molar-refractivity contribution < 1.29 is 14.1 Å². The number of aromatic nitrogens is 1. The van der Waals surface area contributed by atoms with Crippen molar-refractivity contribution >= 4 is 69.7 Å². The summed E-state index contributed by atoms with van der Waals surface area (Å²) in [6.45, 7) is 0. The minimum Gasteiger partial charge on any atom is -0.465 e. The first-order chi connectivity index (χ1) is 19.2. The summed E-state index contributed by atoms with van der Waals surface area (Å²) in [6.07, 6.45) is 13.0. The van der Waals surface area contributed by atoms with Crippen LogP contribution in [-0.4, -0.2) is 23.2 Å². The summed E-state index contributed by atoms with van der Waals surface area (Å²) in [5.41, 5.74) is 3.61. The van der Waals surface area contributed by atoms with E-state index in [-0.39, 0.29) is 10.8 Å². The fourth-order valence-corrected chi connectivity index (χ4v) is 7.42. The van der Waals surface area contributed by atoms with Crippen LogP contribution in [0.5, 0.6) is 0 Å². The molecule has 1 N–H and O–H groups in total. The molecule has 0 spiro atoms. The Labute approximate surface area is 254 Å².